The smallest absolute Gasteiger partial charge is 0.408 e. The first-order valence-electron chi connectivity index (χ1n) is 9.76. The van der Waals surface area contributed by atoms with Gasteiger partial charge in [-0.3, -0.25) is 4.79 Å². The monoisotopic (exact) mass is 411 g/mol. The normalized spacial score (nSPS) is 13.7. The maximum Gasteiger partial charge on any atom is 0.408 e. The molecule has 2 aromatic carbocycles. The number of hydrogen-bond donors (Lipinski definition) is 2. The minimum atomic E-state index is -1.27. The quantitative estimate of drug-likeness (QED) is 0.695. The van der Waals surface area contributed by atoms with E-state index in [9.17, 15) is 19.5 Å². The van der Waals surface area contributed by atoms with Crippen molar-refractivity contribution in [2.24, 2.45) is 0 Å². The van der Waals surface area contributed by atoms with Gasteiger partial charge in [0.05, 0.1) is 0 Å². The van der Waals surface area contributed by atoms with Crippen molar-refractivity contribution in [2.75, 3.05) is 0 Å². The maximum absolute atomic E-state index is 12.5. The van der Waals surface area contributed by atoms with Crippen LogP contribution in [-0.4, -0.2) is 34.8 Å². The molecule has 1 amide bonds. The molecule has 0 fully saturated rings. The second-order valence-electron chi connectivity index (χ2n) is 8.12. The zero-order valence-corrected chi connectivity index (χ0v) is 17.2. The van der Waals surface area contributed by atoms with E-state index in [1.165, 1.54) is 0 Å². The van der Waals surface area contributed by atoms with Gasteiger partial charge in [0.2, 0.25) is 0 Å². The van der Waals surface area contributed by atoms with Gasteiger partial charge in [0, 0.05) is 17.5 Å². The number of nitrogens with one attached hydrogen (secondary N) is 1. The topological polar surface area (TPSA) is 102 Å². The largest absolute Gasteiger partial charge is 0.480 e. The number of ether oxygens (including phenoxy) is 2. The summed E-state index contributed by atoms with van der Waals surface area (Å²) < 4.78 is 10.8. The minimum absolute atomic E-state index is 0.100. The molecule has 0 aliphatic heterocycles. The average molecular weight is 411 g/mol. The lowest BCUT2D eigenvalue weighted by Gasteiger charge is -2.21. The van der Waals surface area contributed by atoms with Crippen LogP contribution in [0.25, 0.3) is 11.1 Å². The second-order valence-corrected chi connectivity index (χ2v) is 8.12. The molecule has 2 aromatic rings. The first-order valence-corrected chi connectivity index (χ1v) is 9.76. The Labute approximate surface area is 175 Å². The highest BCUT2D eigenvalue weighted by Gasteiger charge is 2.32. The van der Waals surface area contributed by atoms with E-state index < -0.39 is 35.8 Å². The van der Waals surface area contributed by atoms with Crippen molar-refractivity contribution in [2.45, 2.75) is 51.4 Å². The third kappa shape index (κ3) is 4.97. The van der Waals surface area contributed by atoms with Crippen LogP contribution in [0, 0.1) is 0 Å². The van der Waals surface area contributed by atoms with Crippen LogP contribution >= 0.6 is 0 Å². The van der Waals surface area contributed by atoms with Crippen LogP contribution in [0.1, 0.15) is 50.8 Å². The number of carbonyl (C=O) groups is 3. The number of aliphatic carboxylic acids is 1. The van der Waals surface area contributed by atoms with Gasteiger partial charge in [-0.2, -0.15) is 0 Å². The zero-order valence-electron chi connectivity index (χ0n) is 17.2. The van der Waals surface area contributed by atoms with Crippen molar-refractivity contribution in [3.05, 3.63) is 59.7 Å². The van der Waals surface area contributed by atoms with Gasteiger partial charge < -0.3 is 19.9 Å². The average Bonchev–Trinajstić information content (AvgIpc) is 2.98. The van der Waals surface area contributed by atoms with Crippen LogP contribution in [0.15, 0.2) is 48.5 Å². The van der Waals surface area contributed by atoms with E-state index in [0.29, 0.717) is 0 Å². The molecular formula is C23H25NO6. The molecule has 0 saturated heterocycles. The van der Waals surface area contributed by atoms with E-state index in [-0.39, 0.29) is 12.8 Å². The summed E-state index contributed by atoms with van der Waals surface area (Å²) in [5.41, 5.74) is 2.98. The van der Waals surface area contributed by atoms with Crippen molar-refractivity contribution in [1.82, 2.24) is 5.32 Å². The third-order valence-corrected chi connectivity index (χ3v) is 4.65. The van der Waals surface area contributed by atoms with Crippen molar-refractivity contribution < 1.29 is 29.0 Å². The molecular weight excluding hydrogens is 386 g/mol. The Morgan fingerprint density at radius 2 is 1.53 bits per heavy atom. The van der Waals surface area contributed by atoms with E-state index in [1.807, 2.05) is 48.5 Å². The molecule has 0 unspecified atom stereocenters. The number of amides is 1. The number of fused-ring (bicyclic) bond motifs is 3. The number of carboxylic acids is 1. The number of hydrogen-bond acceptors (Lipinski definition) is 5. The summed E-state index contributed by atoms with van der Waals surface area (Å²) >= 11 is 0. The number of carbonyl (C=O) groups excluding carboxylic acids is 2. The molecule has 1 atom stereocenters. The van der Waals surface area contributed by atoms with Gasteiger partial charge in [0.1, 0.15) is 11.6 Å². The van der Waals surface area contributed by atoms with E-state index >= 15 is 0 Å². The molecule has 0 spiro atoms. The van der Waals surface area contributed by atoms with Crippen molar-refractivity contribution in [3.63, 3.8) is 0 Å². The molecule has 7 heteroatoms. The molecule has 7 nitrogen and oxygen atoms in total. The number of esters is 1. The molecule has 0 aromatic heterocycles. The third-order valence-electron chi connectivity index (χ3n) is 4.65. The van der Waals surface area contributed by atoms with Gasteiger partial charge >= 0.3 is 18.0 Å². The Morgan fingerprint density at radius 1 is 1.00 bits per heavy atom. The Bertz CT molecular complexity index is 917. The van der Waals surface area contributed by atoms with Crippen molar-refractivity contribution in [1.29, 1.82) is 0 Å². The molecule has 158 valence electrons. The first kappa shape index (κ1) is 21.4. The lowest BCUT2D eigenvalue weighted by atomic mass is 10.1. The van der Waals surface area contributed by atoms with Crippen molar-refractivity contribution >= 4 is 18.0 Å². The van der Waals surface area contributed by atoms with Gasteiger partial charge in [0.25, 0.3) is 0 Å². The highest BCUT2D eigenvalue weighted by molar-refractivity contribution is 5.83. The van der Waals surface area contributed by atoms with Gasteiger partial charge in [0.15, 0.2) is 6.10 Å². The van der Waals surface area contributed by atoms with Gasteiger partial charge in [-0.05, 0) is 38.3 Å². The highest BCUT2D eigenvalue weighted by atomic mass is 16.6. The predicted molar refractivity (Wildman–Crippen MR) is 110 cm³/mol. The summed E-state index contributed by atoms with van der Waals surface area (Å²) in [6, 6.07) is 13.9. The molecule has 0 radical (unpaired) electrons. The van der Waals surface area contributed by atoms with Crippen LogP contribution in [0.5, 0.6) is 0 Å². The fraction of sp³-hybridized carbons (Fsp3) is 0.348. The zero-order chi connectivity index (χ0) is 21.9. The second kappa shape index (κ2) is 8.57. The van der Waals surface area contributed by atoms with Crippen LogP contribution in [0.2, 0.25) is 0 Å². The summed E-state index contributed by atoms with van der Waals surface area (Å²) in [5.74, 6) is -1.77. The van der Waals surface area contributed by atoms with Crippen LogP contribution in [0.4, 0.5) is 4.79 Å². The first-order chi connectivity index (χ1) is 14.2. The summed E-state index contributed by atoms with van der Waals surface area (Å²) in [4.78, 5) is 35.9. The number of benzene rings is 2. The predicted octanol–water partition coefficient (Wildman–Crippen LogP) is 4.06. The Kier molecular flexibility index (Phi) is 6.10. The fourth-order valence-corrected chi connectivity index (χ4v) is 3.43. The molecule has 3 rings (SSSR count). The Morgan fingerprint density at radius 3 is 2.03 bits per heavy atom. The summed E-state index contributed by atoms with van der Waals surface area (Å²) in [6.07, 6.45) is -1.72. The molecule has 0 bridgehead atoms. The summed E-state index contributed by atoms with van der Waals surface area (Å²) in [5, 5.41) is 11.8. The lowest BCUT2D eigenvalue weighted by molar-refractivity contribution is -0.155. The number of carboxylic acid groups (broad SMARTS) is 1. The molecule has 1 aliphatic rings. The summed E-state index contributed by atoms with van der Waals surface area (Å²) in [6.45, 7) is 5.19. The minimum Gasteiger partial charge on any atom is -0.480 e. The molecule has 0 saturated carbocycles. The standard InChI is InChI=1S/C23H25NO6/c1-23(2,3)30-19(25)13-12-18(21(26)27)24-22(28)29-20-16-10-6-4-8-14(16)15-9-5-7-11-17(15)20/h4-11,18,20H,12-13H2,1-3H3,(H,24,28)(H,26,27)/t18-/m0/s1. The Hall–Kier alpha value is -3.35. The van der Waals surface area contributed by atoms with Crippen molar-refractivity contribution in [3.8, 4) is 11.1 Å². The SMILES string of the molecule is CC(C)(C)OC(=O)CC[C@H](NC(=O)OC1c2ccccc2-c2ccccc21)C(=O)O. The van der Waals surface area contributed by atoms with Gasteiger partial charge in [-0.25, -0.2) is 9.59 Å². The van der Waals surface area contributed by atoms with E-state index in [0.717, 1.165) is 22.3 Å². The van der Waals surface area contributed by atoms with E-state index in [1.54, 1.807) is 20.8 Å². The highest BCUT2D eigenvalue weighted by Crippen LogP contribution is 2.44. The maximum atomic E-state index is 12.5. The van der Waals surface area contributed by atoms with E-state index in [4.69, 9.17) is 9.47 Å². The lowest BCUT2D eigenvalue weighted by Crippen LogP contribution is -2.42. The Balaban J connectivity index is 1.66. The fourth-order valence-electron chi connectivity index (χ4n) is 3.43. The van der Waals surface area contributed by atoms with Gasteiger partial charge in [-0.15, -0.1) is 0 Å². The van der Waals surface area contributed by atoms with Crippen LogP contribution in [-0.2, 0) is 19.1 Å². The summed E-state index contributed by atoms with van der Waals surface area (Å²) in [7, 11) is 0. The van der Waals surface area contributed by atoms with Gasteiger partial charge in [-0.1, -0.05) is 48.5 Å². The molecule has 0 heterocycles. The molecule has 2 N–H and O–H groups in total. The van der Waals surface area contributed by atoms with E-state index in [2.05, 4.69) is 5.32 Å². The number of alkyl carbamates (subject to hydrolysis) is 1. The molecule has 1 aliphatic carbocycles. The number of rotatable bonds is 6. The van der Waals surface area contributed by atoms with Crippen LogP contribution in [0.3, 0.4) is 0 Å². The molecule has 30 heavy (non-hydrogen) atoms. The van der Waals surface area contributed by atoms with Crippen LogP contribution < -0.4 is 5.32 Å².